The lowest BCUT2D eigenvalue weighted by atomic mass is 10.1. The van der Waals surface area contributed by atoms with Gasteiger partial charge in [-0.25, -0.2) is 18.3 Å². The fourth-order valence-electron chi connectivity index (χ4n) is 4.23. The molecule has 0 radical (unpaired) electrons. The molecule has 2 aromatic carbocycles. The van der Waals surface area contributed by atoms with Crippen LogP contribution in [0.2, 0.25) is 10.0 Å². The first-order valence-electron chi connectivity index (χ1n) is 11.8. The van der Waals surface area contributed by atoms with Gasteiger partial charge in [-0.05, 0) is 61.9 Å². The number of anilines is 1. The molecule has 3 heterocycles. The number of rotatable bonds is 7. The second-order valence-electron chi connectivity index (χ2n) is 8.80. The maximum Gasteiger partial charge on any atom is 0.280 e. The molecule has 12 heteroatoms. The highest BCUT2D eigenvalue weighted by molar-refractivity contribution is 6.42. The average molecular weight is 571 g/mol. The summed E-state index contributed by atoms with van der Waals surface area (Å²) in [6.45, 7) is 3.98. The van der Waals surface area contributed by atoms with Crippen molar-refractivity contribution in [1.29, 1.82) is 0 Å². The number of nitrogens with one attached hydrogen (secondary N) is 1. The number of aryl methyl sites for hydroxylation is 1. The summed E-state index contributed by atoms with van der Waals surface area (Å²) in [4.78, 5) is 17.9. The van der Waals surface area contributed by atoms with Crippen LogP contribution < -0.4 is 10.1 Å². The van der Waals surface area contributed by atoms with Crippen molar-refractivity contribution >= 4 is 40.4 Å². The molecule has 200 valence electrons. The first-order valence-corrected chi connectivity index (χ1v) is 12.5. The molecule has 0 aliphatic rings. The van der Waals surface area contributed by atoms with Gasteiger partial charge in [-0.3, -0.25) is 9.48 Å². The quantitative estimate of drug-likeness (QED) is 0.233. The van der Waals surface area contributed by atoms with Gasteiger partial charge in [-0.2, -0.15) is 10.2 Å². The van der Waals surface area contributed by atoms with Gasteiger partial charge in [0.05, 0.1) is 52.7 Å². The smallest absolute Gasteiger partial charge is 0.280 e. The second-order valence-corrected chi connectivity index (χ2v) is 9.61. The van der Waals surface area contributed by atoms with Crippen LogP contribution in [0.3, 0.4) is 0 Å². The highest BCUT2D eigenvalue weighted by Gasteiger charge is 2.23. The Hall–Kier alpha value is -4.02. The lowest BCUT2D eigenvalue weighted by Crippen LogP contribution is -2.14. The Labute approximate surface area is 232 Å². The number of methoxy groups -OCH3 is 1. The van der Waals surface area contributed by atoms with E-state index >= 15 is 0 Å². The number of aromatic nitrogens is 5. The second kappa shape index (κ2) is 10.6. The molecule has 0 bridgehead atoms. The SMILES string of the molecule is COc1ccc(-c2cc(C(F)F)n3ncc(C(=O)Nc4c(C)nn(Cc5ccc(Cl)c(Cl)c5)c4C)c3n2)cc1. The fourth-order valence-corrected chi connectivity index (χ4v) is 4.56. The minimum atomic E-state index is -2.84. The Morgan fingerprint density at radius 3 is 2.49 bits per heavy atom. The molecular weight excluding hydrogens is 549 g/mol. The van der Waals surface area contributed by atoms with Gasteiger partial charge in [-0.1, -0.05) is 29.3 Å². The lowest BCUT2D eigenvalue weighted by Gasteiger charge is -2.10. The van der Waals surface area contributed by atoms with Crippen molar-refractivity contribution < 1.29 is 18.3 Å². The molecule has 1 amide bonds. The molecule has 39 heavy (non-hydrogen) atoms. The van der Waals surface area contributed by atoms with Gasteiger partial charge in [0.1, 0.15) is 17.0 Å². The molecule has 0 spiro atoms. The van der Waals surface area contributed by atoms with Gasteiger partial charge < -0.3 is 10.1 Å². The number of benzene rings is 2. The molecule has 0 saturated heterocycles. The van der Waals surface area contributed by atoms with E-state index < -0.39 is 12.3 Å². The number of halogens is 4. The van der Waals surface area contributed by atoms with Crippen LogP contribution >= 0.6 is 23.2 Å². The molecule has 0 aliphatic heterocycles. The molecule has 5 aromatic rings. The van der Waals surface area contributed by atoms with E-state index in [-0.39, 0.29) is 22.6 Å². The van der Waals surface area contributed by atoms with Crippen LogP contribution in [0.25, 0.3) is 16.9 Å². The fraction of sp³-hybridized carbons (Fsp3) is 0.185. The van der Waals surface area contributed by atoms with Crippen molar-refractivity contribution in [2.75, 3.05) is 12.4 Å². The Balaban J connectivity index is 1.48. The number of carbonyl (C=O) groups excluding carboxylic acids is 1. The van der Waals surface area contributed by atoms with Crippen LogP contribution in [0.4, 0.5) is 14.5 Å². The molecule has 0 unspecified atom stereocenters. The van der Waals surface area contributed by atoms with Gasteiger partial charge >= 0.3 is 0 Å². The van der Waals surface area contributed by atoms with Crippen LogP contribution in [0.5, 0.6) is 5.75 Å². The van der Waals surface area contributed by atoms with Crippen LogP contribution in [0, 0.1) is 13.8 Å². The third-order valence-corrected chi connectivity index (χ3v) is 7.03. The number of hydrogen-bond acceptors (Lipinski definition) is 5. The summed E-state index contributed by atoms with van der Waals surface area (Å²) in [7, 11) is 1.53. The van der Waals surface area contributed by atoms with Crippen LogP contribution in [-0.2, 0) is 6.54 Å². The zero-order valence-corrected chi connectivity index (χ0v) is 22.6. The number of amides is 1. The summed E-state index contributed by atoms with van der Waals surface area (Å²) < 4.78 is 35.8. The van der Waals surface area contributed by atoms with E-state index in [9.17, 15) is 13.6 Å². The van der Waals surface area contributed by atoms with E-state index in [1.807, 2.05) is 13.0 Å². The summed E-state index contributed by atoms with van der Waals surface area (Å²) in [5.41, 5.74) is 3.19. The highest BCUT2D eigenvalue weighted by atomic mass is 35.5. The van der Waals surface area contributed by atoms with E-state index in [4.69, 9.17) is 27.9 Å². The summed E-state index contributed by atoms with van der Waals surface area (Å²) in [6, 6.07) is 13.4. The number of alkyl halides is 2. The highest BCUT2D eigenvalue weighted by Crippen LogP contribution is 2.29. The Bertz CT molecular complexity index is 1700. The van der Waals surface area contributed by atoms with Crippen molar-refractivity contribution in [1.82, 2.24) is 24.4 Å². The van der Waals surface area contributed by atoms with Gasteiger partial charge in [0.25, 0.3) is 12.3 Å². The predicted octanol–water partition coefficient (Wildman–Crippen LogP) is 6.76. The molecule has 1 N–H and O–H groups in total. The van der Waals surface area contributed by atoms with Gasteiger partial charge in [0, 0.05) is 5.56 Å². The lowest BCUT2D eigenvalue weighted by molar-refractivity contribution is 0.102. The first kappa shape index (κ1) is 26.6. The molecule has 0 saturated carbocycles. The number of nitrogens with zero attached hydrogens (tertiary/aromatic N) is 5. The molecule has 8 nitrogen and oxygen atoms in total. The first-order chi connectivity index (χ1) is 18.7. The van der Waals surface area contributed by atoms with Crippen molar-refractivity contribution in [3.63, 3.8) is 0 Å². The van der Waals surface area contributed by atoms with Crippen LogP contribution in [0.1, 0.15) is 39.4 Å². The minimum Gasteiger partial charge on any atom is -0.497 e. The van der Waals surface area contributed by atoms with E-state index in [0.29, 0.717) is 45.0 Å². The minimum absolute atomic E-state index is 0.00891. The third kappa shape index (κ3) is 5.17. The molecule has 0 atom stereocenters. The Morgan fingerprint density at radius 2 is 1.82 bits per heavy atom. The largest absolute Gasteiger partial charge is 0.497 e. The summed E-state index contributed by atoms with van der Waals surface area (Å²) in [5.74, 6) is 0.0636. The maximum atomic E-state index is 14.0. The van der Waals surface area contributed by atoms with Crippen molar-refractivity contribution in [2.24, 2.45) is 0 Å². The summed E-state index contributed by atoms with van der Waals surface area (Å²) >= 11 is 12.2. The van der Waals surface area contributed by atoms with Gasteiger partial charge in [-0.15, -0.1) is 0 Å². The zero-order chi connectivity index (χ0) is 27.8. The van der Waals surface area contributed by atoms with Gasteiger partial charge in [0.2, 0.25) is 0 Å². The summed E-state index contributed by atoms with van der Waals surface area (Å²) in [5, 5.41) is 12.3. The van der Waals surface area contributed by atoms with E-state index in [1.165, 1.54) is 19.4 Å². The van der Waals surface area contributed by atoms with E-state index in [0.717, 1.165) is 10.1 Å². The number of ether oxygens (including phenoxy) is 1. The molecule has 0 aliphatic carbocycles. The zero-order valence-electron chi connectivity index (χ0n) is 21.0. The normalized spacial score (nSPS) is 11.4. The van der Waals surface area contributed by atoms with Crippen molar-refractivity contribution in [2.45, 2.75) is 26.8 Å². The standard InChI is InChI=1S/C27H22Cl2F2N6O2/c1-14-24(15(2)36(35-14)13-16-4-9-20(28)21(29)10-16)34-27(38)19-12-32-37-23(25(30)31)11-22(33-26(19)37)17-5-7-18(39-3)8-6-17/h4-12,25H,13H2,1-3H3,(H,34,38). The topological polar surface area (TPSA) is 86.3 Å². The Morgan fingerprint density at radius 1 is 1.08 bits per heavy atom. The number of hydrogen-bond donors (Lipinski definition) is 1. The van der Waals surface area contributed by atoms with E-state index in [2.05, 4.69) is 20.5 Å². The van der Waals surface area contributed by atoms with E-state index in [1.54, 1.807) is 48.0 Å². The summed E-state index contributed by atoms with van der Waals surface area (Å²) in [6.07, 6.45) is -1.61. The molecular formula is C27H22Cl2F2N6O2. The number of fused-ring (bicyclic) bond motifs is 1. The van der Waals surface area contributed by atoms with Crippen molar-refractivity contribution in [3.8, 4) is 17.0 Å². The Kier molecular flexibility index (Phi) is 7.24. The van der Waals surface area contributed by atoms with Crippen molar-refractivity contribution in [3.05, 3.63) is 93.0 Å². The van der Waals surface area contributed by atoms with Crippen LogP contribution in [-0.4, -0.2) is 37.4 Å². The van der Waals surface area contributed by atoms with Gasteiger partial charge in [0.15, 0.2) is 5.65 Å². The average Bonchev–Trinajstić information content (AvgIpc) is 3.46. The molecule has 3 aromatic heterocycles. The molecule has 5 rings (SSSR count). The monoisotopic (exact) mass is 570 g/mol. The number of carbonyl (C=O) groups is 1. The third-order valence-electron chi connectivity index (χ3n) is 6.29. The van der Waals surface area contributed by atoms with Crippen LogP contribution in [0.15, 0.2) is 54.7 Å². The maximum absolute atomic E-state index is 14.0. The predicted molar refractivity (Wildman–Crippen MR) is 145 cm³/mol. The molecule has 0 fully saturated rings.